The monoisotopic (exact) mass is 410 g/mol. The highest BCUT2D eigenvalue weighted by Gasteiger charge is 2.25. The number of amides is 2. The zero-order valence-electron chi connectivity index (χ0n) is 17.9. The Balaban J connectivity index is 1.56. The average Bonchev–Trinajstić information content (AvgIpc) is 2.74. The second-order valence-corrected chi connectivity index (χ2v) is 7.55. The van der Waals surface area contributed by atoms with E-state index in [-0.39, 0.29) is 11.8 Å². The van der Waals surface area contributed by atoms with Crippen LogP contribution in [0, 0.1) is 0 Å². The summed E-state index contributed by atoms with van der Waals surface area (Å²) in [5.74, 6) is 0.529. The maximum Gasteiger partial charge on any atom is 0.244 e. The zero-order chi connectivity index (χ0) is 21.5. The van der Waals surface area contributed by atoms with Gasteiger partial charge in [0.2, 0.25) is 11.8 Å². The number of carbonyl (C=O) groups is 2. The van der Waals surface area contributed by atoms with E-state index in [2.05, 4.69) is 39.8 Å². The molecule has 0 aliphatic carbocycles. The second-order valence-electron chi connectivity index (χ2n) is 7.55. The molecule has 0 unspecified atom stereocenters. The van der Waals surface area contributed by atoms with Crippen molar-refractivity contribution in [2.75, 3.05) is 43.9 Å². The lowest BCUT2D eigenvalue weighted by Gasteiger charge is -2.36. The van der Waals surface area contributed by atoms with Crippen molar-refractivity contribution in [3.63, 3.8) is 0 Å². The van der Waals surface area contributed by atoms with Crippen molar-refractivity contribution < 1.29 is 14.3 Å². The maximum atomic E-state index is 13.0. The Hall–Kier alpha value is -3.06. The first kappa shape index (κ1) is 21.6. The van der Waals surface area contributed by atoms with Crippen LogP contribution in [0.3, 0.4) is 0 Å². The van der Waals surface area contributed by atoms with Crippen molar-refractivity contribution in [1.29, 1.82) is 0 Å². The van der Waals surface area contributed by atoms with E-state index < -0.39 is 6.04 Å². The number of ether oxygens (including phenoxy) is 1. The summed E-state index contributed by atoms with van der Waals surface area (Å²) in [6, 6.07) is 15.3. The highest BCUT2D eigenvalue weighted by molar-refractivity contribution is 5.90. The smallest absolute Gasteiger partial charge is 0.244 e. The molecule has 0 saturated carbocycles. The molecule has 0 spiro atoms. The van der Waals surface area contributed by atoms with Gasteiger partial charge in [-0.2, -0.15) is 0 Å². The van der Waals surface area contributed by atoms with Crippen molar-refractivity contribution in [2.45, 2.75) is 26.4 Å². The Bertz CT molecular complexity index is 864. The van der Waals surface area contributed by atoms with Crippen LogP contribution in [0.5, 0.6) is 5.75 Å². The lowest BCUT2D eigenvalue weighted by molar-refractivity contribution is -0.133. The van der Waals surface area contributed by atoms with E-state index in [0.717, 1.165) is 19.6 Å². The molecule has 7 heteroatoms. The third-order valence-electron chi connectivity index (χ3n) is 5.20. The minimum absolute atomic E-state index is 0.0568. The SMILES string of the molecule is COc1ccc(NC(C)=O)cc1N[C@H](C)C(=O)N1CCN(Cc2ccccc2)CC1. The Labute approximate surface area is 178 Å². The molecule has 160 valence electrons. The first-order chi connectivity index (χ1) is 14.5. The van der Waals surface area contributed by atoms with E-state index in [1.54, 1.807) is 25.3 Å². The Kier molecular flexibility index (Phi) is 7.30. The van der Waals surface area contributed by atoms with Gasteiger partial charge in [0, 0.05) is 45.3 Å². The molecular formula is C23H30N4O3. The van der Waals surface area contributed by atoms with Crippen LogP contribution in [-0.4, -0.2) is 60.9 Å². The highest BCUT2D eigenvalue weighted by Crippen LogP contribution is 2.28. The number of nitrogens with one attached hydrogen (secondary N) is 2. The standard InChI is InChI=1S/C23H30N4O3/c1-17(24-21-15-20(25-18(2)28)9-10-22(21)30-3)23(29)27-13-11-26(12-14-27)16-19-7-5-4-6-8-19/h4-10,15,17,24H,11-14,16H2,1-3H3,(H,25,28)/t17-/m1/s1. The van der Waals surface area contributed by atoms with Gasteiger partial charge >= 0.3 is 0 Å². The number of piperazine rings is 1. The lowest BCUT2D eigenvalue weighted by Crippen LogP contribution is -2.51. The topological polar surface area (TPSA) is 73.9 Å². The maximum absolute atomic E-state index is 13.0. The van der Waals surface area contributed by atoms with Crippen LogP contribution in [-0.2, 0) is 16.1 Å². The number of benzene rings is 2. The number of carbonyl (C=O) groups excluding carboxylic acids is 2. The normalized spacial score (nSPS) is 15.4. The van der Waals surface area contributed by atoms with Crippen LogP contribution < -0.4 is 15.4 Å². The molecule has 1 saturated heterocycles. The van der Waals surface area contributed by atoms with Crippen molar-refractivity contribution >= 4 is 23.2 Å². The van der Waals surface area contributed by atoms with Crippen LogP contribution >= 0.6 is 0 Å². The van der Waals surface area contributed by atoms with Crippen molar-refractivity contribution in [3.8, 4) is 5.75 Å². The van der Waals surface area contributed by atoms with Gasteiger partial charge in [0.1, 0.15) is 11.8 Å². The fourth-order valence-electron chi connectivity index (χ4n) is 3.64. The molecule has 1 fully saturated rings. The fourth-order valence-corrected chi connectivity index (χ4v) is 3.64. The Morgan fingerprint density at radius 2 is 1.77 bits per heavy atom. The van der Waals surface area contributed by atoms with E-state index in [1.165, 1.54) is 12.5 Å². The first-order valence-corrected chi connectivity index (χ1v) is 10.2. The summed E-state index contributed by atoms with van der Waals surface area (Å²) < 4.78 is 5.40. The van der Waals surface area contributed by atoms with Gasteiger partial charge in [0.15, 0.2) is 0 Å². The van der Waals surface area contributed by atoms with Crippen molar-refractivity contribution in [2.24, 2.45) is 0 Å². The molecule has 1 aliphatic heterocycles. The van der Waals surface area contributed by atoms with Crippen LogP contribution in [0.25, 0.3) is 0 Å². The molecule has 1 heterocycles. The summed E-state index contributed by atoms with van der Waals surface area (Å²) >= 11 is 0. The number of rotatable bonds is 7. The summed E-state index contributed by atoms with van der Waals surface area (Å²) in [5, 5.41) is 5.99. The number of methoxy groups -OCH3 is 1. The van der Waals surface area contributed by atoms with E-state index in [1.807, 2.05) is 17.9 Å². The predicted octanol–water partition coefficient (Wildman–Crippen LogP) is 2.80. The van der Waals surface area contributed by atoms with Gasteiger partial charge in [-0.05, 0) is 30.7 Å². The highest BCUT2D eigenvalue weighted by atomic mass is 16.5. The van der Waals surface area contributed by atoms with Gasteiger partial charge < -0.3 is 20.3 Å². The third-order valence-corrected chi connectivity index (χ3v) is 5.20. The molecule has 0 aromatic heterocycles. The van der Waals surface area contributed by atoms with Crippen LogP contribution in [0.1, 0.15) is 19.4 Å². The molecule has 2 amide bonds. The van der Waals surface area contributed by atoms with Crippen molar-refractivity contribution in [3.05, 3.63) is 54.1 Å². The summed E-state index contributed by atoms with van der Waals surface area (Å²) in [6.07, 6.45) is 0. The van der Waals surface area contributed by atoms with E-state index >= 15 is 0 Å². The van der Waals surface area contributed by atoms with Gasteiger partial charge in [-0.25, -0.2) is 0 Å². The van der Waals surface area contributed by atoms with Gasteiger partial charge in [-0.1, -0.05) is 30.3 Å². The fraction of sp³-hybridized carbons (Fsp3) is 0.391. The molecule has 0 bridgehead atoms. The Morgan fingerprint density at radius 3 is 2.40 bits per heavy atom. The summed E-state index contributed by atoms with van der Waals surface area (Å²) in [7, 11) is 1.58. The molecule has 3 rings (SSSR count). The van der Waals surface area contributed by atoms with Gasteiger partial charge in [0.05, 0.1) is 12.8 Å². The van der Waals surface area contributed by atoms with Gasteiger partial charge in [-0.3, -0.25) is 14.5 Å². The van der Waals surface area contributed by atoms with E-state index in [0.29, 0.717) is 30.2 Å². The number of anilines is 2. The van der Waals surface area contributed by atoms with Crippen LogP contribution in [0.15, 0.2) is 48.5 Å². The average molecular weight is 411 g/mol. The van der Waals surface area contributed by atoms with E-state index in [4.69, 9.17) is 4.74 Å². The molecule has 2 N–H and O–H groups in total. The summed E-state index contributed by atoms with van der Waals surface area (Å²) in [5.41, 5.74) is 2.62. The molecule has 7 nitrogen and oxygen atoms in total. The minimum atomic E-state index is -0.410. The summed E-state index contributed by atoms with van der Waals surface area (Å²) in [4.78, 5) is 28.6. The molecule has 0 radical (unpaired) electrons. The molecule has 2 aromatic rings. The molecule has 2 aromatic carbocycles. The first-order valence-electron chi connectivity index (χ1n) is 10.2. The molecular weight excluding hydrogens is 380 g/mol. The van der Waals surface area contributed by atoms with Gasteiger partial charge in [0.25, 0.3) is 0 Å². The van der Waals surface area contributed by atoms with E-state index in [9.17, 15) is 9.59 Å². The van der Waals surface area contributed by atoms with Gasteiger partial charge in [-0.15, -0.1) is 0 Å². The molecule has 1 atom stereocenters. The van der Waals surface area contributed by atoms with Crippen LogP contribution in [0.2, 0.25) is 0 Å². The third kappa shape index (κ3) is 5.73. The zero-order valence-corrected chi connectivity index (χ0v) is 17.9. The van der Waals surface area contributed by atoms with Crippen LogP contribution in [0.4, 0.5) is 11.4 Å². The quantitative estimate of drug-likeness (QED) is 0.734. The second kappa shape index (κ2) is 10.1. The summed E-state index contributed by atoms with van der Waals surface area (Å²) in [6.45, 7) is 7.35. The Morgan fingerprint density at radius 1 is 1.07 bits per heavy atom. The number of hydrogen-bond donors (Lipinski definition) is 2. The minimum Gasteiger partial charge on any atom is -0.495 e. The predicted molar refractivity (Wildman–Crippen MR) is 119 cm³/mol. The molecule has 1 aliphatic rings. The van der Waals surface area contributed by atoms with Crippen molar-refractivity contribution in [1.82, 2.24) is 9.80 Å². The largest absolute Gasteiger partial charge is 0.495 e. The lowest BCUT2D eigenvalue weighted by atomic mass is 10.1. The number of hydrogen-bond acceptors (Lipinski definition) is 5. The number of nitrogens with zero attached hydrogens (tertiary/aromatic N) is 2. The molecule has 30 heavy (non-hydrogen) atoms.